The van der Waals surface area contributed by atoms with Gasteiger partial charge in [0.1, 0.15) is 29.4 Å². The molecule has 2 aliphatic rings. The molecule has 36 heavy (non-hydrogen) atoms. The lowest BCUT2D eigenvalue weighted by Gasteiger charge is -2.49. The van der Waals surface area contributed by atoms with Gasteiger partial charge in [-0.1, -0.05) is 35.4 Å². The molecule has 1 saturated heterocycles. The molecule has 0 bridgehead atoms. The van der Waals surface area contributed by atoms with E-state index in [1.54, 1.807) is 5.38 Å². The molecule has 0 radical (unpaired) electrons. The number of rotatable bonds is 11. The van der Waals surface area contributed by atoms with Crippen molar-refractivity contribution in [3.63, 3.8) is 0 Å². The SMILES string of the molecule is CCCCON=C(C(=O)N[C@@H]1C(=O)N2C(C(=O)O)=C(CSc3nnnn3N)CS[C@@H]12)c1csc(N)n1. The number of unbranched alkanes of at least 4 members (excludes halogenated alkanes) is 1. The van der Waals surface area contributed by atoms with Crippen molar-refractivity contribution >= 4 is 63.5 Å². The zero-order chi connectivity index (χ0) is 25.8. The van der Waals surface area contributed by atoms with Crippen LogP contribution in [0.1, 0.15) is 25.5 Å². The Hall–Kier alpha value is -3.38. The van der Waals surface area contributed by atoms with Crippen molar-refractivity contribution in [2.24, 2.45) is 5.16 Å². The highest BCUT2D eigenvalue weighted by molar-refractivity contribution is 8.01. The molecular weight excluding hydrogens is 532 g/mol. The first kappa shape index (κ1) is 25.7. The van der Waals surface area contributed by atoms with Crippen LogP contribution in [0.25, 0.3) is 0 Å². The lowest BCUT2D eigenvalue weighted by Crippen LogP contribution is -2.71. The monoisotopic (exact) mass is 554 g/mol. The Kier molecular flexibility index (Phi) is 7.94. The predicted molar refractivity (Wildman–Crippen MR) is 132 cm³/mol. The minimum atomic E-state index is -1.24. The molecule has 6 N–H and O–H groups in total. The number of carbonyl (C=O) groups is 3. The molecule has 2 amide bonds. The molecule has 0 aliphatic carbocycles. The third kappa shape index (κ3) is 5.24. The number of carbonyl (C=O) groups excluding carboxylic acids is 2. The summed E-state index contributed by atoms with van der Waals surface area (Å²) in [5.74, 6) is 3.68. The summed E-state index contributed by atoms with van der Waals surface area (Å²) in [5, 5.41) is 28.6. The van der Waals surface area contributed by atoms with Crippen LogP contribution in [-0.2, 0) is 19.2 Å². The summed E-state index contributed by atoms with van der Waals surface area (Å²) >= 11 is 3.62. The Bertz CT molecular complexity index is 1230. The average Bonchev–Trinajstić information content (AvgIpc) is 3.47. The summed E-state index contributed by atoms with van der Waals surface area (Å²) in [6.07, 6.45) is 1.63. The number of nitrogens with one attached hydrogen (secondary N) is 1. The molecule has 0 saturated carbocycles. The van der Waals surface area contributed by atoms with Crippen molar-refractivity contribution in [1.29, 1.82) is 0 Å². The lowest BCUT2D eigenvalue weighted by atomic mass is 10.0. The highest BCUT2D eigenvalue weighted by atomic mass is 32.2. The Morgan fingerprint density at radius 2 is 2.25 bits per heavy atom. The van der Waals surface area contributed by atoms with Gasteiger partial charge in [0.05, 0.1) is 0 Å². The van der Waals surface area contributed by atoms with Crippen LogP contribution in [0, 0.1) is 0 Å². The molecule has 15 nitrogen and oxygen atoms in total. The number of hydrogen-bond acceptors (Lipinski definition) is 14. The Morgan fingerprint density at radius 1 is 1.44 bits per heavy atom. The maximum absolute atomic E-state index is 13.0. The van der Waals surface area contributed by atoms with E-state index in [0.29, 0.717) is 23.1 Å². The second-order valence-corrected chi connectivity index (χ2v) is 10.4. The van der Waals surface area contributed by atoms with Crippen molar-refractivity contribution in [2.75, 3.05) is 29.7 Å². The van der Waals surface area contributed by atoms with Crippen LogP contribution in [0.5, 0.6) is 0 Å². The van der Waals surface area contributed by atoms with Crippen molar-refractivity contribution in [2.45, 2.75) is 36.3 Å². The van der Waals surface area contributed by atoms with E-state index in [1.165, 1.54) is 16.7 Å². The lowest BCUT2D eigenvalue weighted by molar-refractivity contribution is -0.150. The molecule has 4 rings (SSSR count). The van der Waals surface area contributed by atoms with Gasteiger partial charge in [0.25, 0.3) is 11.8 Å². The molecular formula is C18H22N10O5S3. The number of tetrazole rings is 1. The number of carboxylic acid groups (broad SMARTS) is 1. The summed E-state index contributed by atoms with van der Waals surface area (Å²) in [5.41, 5.74) is 6.19. The van der Waals surface area contributed by atoms with Crippen LogP contribution in [0.15, 0.2) is 27.0 Å². The second-order valence-electron chi connectivity index (χ2n) is 7.51. The molecule has 0 aromatic carbocycles. The quantitative estimate of drug-likeness (QED) is 0.0687. The van der Waals surface area contributed by atoms with E-state index in [9.17, 15) is 19.5 Å². The highest BCUT2D eigenvalue weighted by Gasteiger charge is 2.54. The Balaban J connectivity index is 1.48. The minimum absolute atomic E-state index is 0.114. The smallest absolute Gasteiger partial charge is 0.352 e. The van der Waals surface area contributed by atoms with Gasteiger partial charge in [0.15, 0.2) is 10.8 Å². The number of nitrogen functional groups attached to an aromatic ring is 2. The van der Waals surface area contributed by atoms with E-state index < -0.39 is 29.2 Å². The zero-order valence-corrected chi connectivity index (χ0v) is 21.3. The zero-order valence-electron chi connectivity index (χ0n) is 18.9. The average molecular weight is 555 g/mol. The van der Waals surface area contributed by atoms with Crippen LogP contribution in [-0.4, -0.2) is 88.3 Å². The molecule has 2 atom stereocenters. The maximum atomic E-state index is 13.0. The van der Waals surface area contributed by atoms with E-state index >= 15 is 0 Å². The molecule has 192 valence electrons. The van der Waals surface area contributed by atoms with Crippen LogP contribution >= 0.6 is 34.9 Å². The first-order chi connectivity index (χ1) is 17.3. The van der Waals surface area contributed by atoms with E-state index in [4.69, 9.17) is 16.4 Å². The second kappa shape index (κ2) is 11.1. The van der Waals surface area contributed by atoms with Gasteiger partial charge in [-0.2, -0.15) is 0 Å². The fraction of sp³-hybridized carbons (Fsp3) is 0.444. The topological polar surface area (TPSA) is 217 Å². The van der Waals surface area contributed by atoms with Crippen LogP contribution in [0.3, 0.4) is 0 Å². The number of nitrogens with two attached hydrogens (primary N) is 2. The molecule has 0 unspecified atom stereocenters. The van der Waals surface area contributed by atoms with Gasteiger partial charge in [-0.05, 0) is 22.4 Å². The number of thioether (sulfide) groups is 2. The van der Waals surface area contributed by atoms with E-state index in [1.807, 2.05) is 6.92 Å². The number of fused-ring (bicyclic) bond motifs is 1. The standard InChI is InChI=1S/C18H22N10O5S3/c1-2-3-4-33-24-10(9-7-35-17(19)21-9)13(29)22-11-14(30)27-12(16(31)32)8(5-34-15(11)27)6-36-18-23-25-26-28(18)20/h7,11,15H,2-6,20H2,1H3,(H2,19,21)(H,22,29)(H,31,32)/t11-,15+/m1/s1. The van der Waals surface area contributed by atoms with Crippen molar-refractivity contribution in [3.05, 3.63) is 22.3 Å². The molecule has 18 heteroatoms. The number of aromatic nitrogens is 5. The number of amides is 2. The third-order valence-corrected chi connectivity index (χ3v) is 8.13. The summed E-state index contributed by atoms with van der Waals surface area (Å²) in [6.45, 7) is 2.30. The number of hydrogen-bond donors (Lipinski definition) is 4. The summed E-state index contributed by atoms with van der Waals surface area (Å²) in [7, 11) is 0. The number of β-lactam (4-membered cyclic amide) rings is 1. The van der Waals surface area contributed by atoms with E-state index in [2.05, 4.69) is 31.0 Å². The molecule has 4 heterocycles. The van der Waals surface area contributed by atoms with Crippen LogP contribution in [0.4, 0.5) is 5.13 Å². The molecule has 2 aromatic rings. The summed E-state index contributed by atoms with van der Waals surface area (Å²) in [6, 6.07) is -0.945. The van der Waals surface area contributed by atoms with Gasteiger partial charge in [0, 0.05) is 16.9 Å². The Morgan fingerprint density at radius 3 is 2.89 bits per heavy atom. The fourth-order valence-corrected chi connectivity index (χ4v) is 6.18. The first-order valence-electron chi connectivity index (χ1n) is 10.6. The predicted octanol–water partition coefficient (Wildman–Crippen LogP) is -0.523. The van der Waals surface area contributed by atoms with Gasteiger partial charge in [0.2, 0.25) is 5.16 Å². The van der Waals surface area contributed by atoms with E-state index in [-0.39, 0.29) is 28.0 Å². The highest BCUT2D eigenvalue weighted by Crippen LogP contribution is 2.41. The normalized spacial score (nSPS) is 19.6. The molecule has 2 aliphatic heterocycles. The van der Waals surface area contributed by atoms with Crippen LogP contribution < -0.4 is 16.9 Å². The maximum Gasteiger partial charge on any atom is 0.352 e. The fourth-order valence-electron chi connectivity index (χ4n) is 3.36. The number of oxime groups is 1. The minimum Gasteiger partial charge on any atom is -0.477 e. The summed E-state index contributed by atoms with van der Waals surface area (Å²) < 4.78 is 0. The van der Waals surface area contributed by atoms with Crippen LogP contribution in [0.2, 0.25) is 0 Å². The van der Waals surface area contributed by atoms with Gasteiger partial charge >= 0.3 is 5.97 Å². The summed E-state index contributed by atoms with van der Waals surface area (Å²) in [4.78, 5) is 49.6. The van der Waals surface area contributed by atoms with Gasteiger partial charge in [-0.15, -0.1) is 27.9 Å². The molecule has 1 fully saturated rings. The van der Waals surface area contributed by atoms with Gasteiger partial charge in [-0.3, -0.25) is 14.5 Å². The number of anilines is 1. The number of nitrogens with zero attached hydrogens (tertiary/aromatic N) is 7. The number of thiazole rings is 1. The van der Waals surface area contributed by atoms with Gasteiger partial charge < -0.3 is 26.8 Å². The number of aliphatic carboxylic acids is 1. The number of carboxylic acids is 1. The van der Waals surface area contributed by atoms with Crippen molar-refractivity contribution < 1.29 is 24.3 Å². The van der Waals surface area contributed by atoms with Gasteiger partial charge in [-0.25, -0.2) is 9.78 Å². The molecule has 0 spiro atoms. The molecule has 2 aromatic heterocycles. The largest absolute Gasteiger partial charge is 0.477 e. The Labute approximate surface area is 216 Å². The third-order valence-electron chi connectivity index (χ3n) is 5.10. The van der Waals surface area contributed by atoms with Crippen molar-refractivity contribution in [3.8, 4) is 0 Å². The first-order valence-corrected chi connectivity index (χ1v) is 13.5. The van der Waals surface area contributed by atoms with Crippen molar-refractivity contribution in [1.82, 2.24) is 35.5 Å². The van der Waals surface area contributed by atoms with E-state index in [0.717, 1.165) is 40.7 Å².